The number of nitrogens with one attached hydrogen (secondary N) is 1. The lowest BCUT2D eigenvalue weighted by atomic mass is 9.95. The summed E-state index contributed by atoms with van der Waals surface area (Å²) in [6.45, 7) is 1.69. The van der Waals surface area contributed by atoms with Crippen LogP contribution in [0, 0.1) is 0 Å². The first-order chi connectivity index (χ1) is 16.3. The molecule has 2 aliphatic heterocycles. The number of amides is 3. The van der Waals surface area contributed by atoms with Gasteiger partial charge in [0.05, 0.1) is 10.7 Å². The van der Waals surface area contributed by atoms with Gasteiger partial charge in [0.1, 0.15) is 6.04 Å². The summed E-state index contributed by atoms with van der Waals surface area (Å²) in [5.74, 6) is -1.00. The standard InChI is InChI=1S/C23H24N4O5S2/c1-2-34(31,32)27-15-18-8-4-3-7-17(18)13-19(27)21(28)25-10-11-26-22(29)20(33-23(26)30)12-16-6-5-9-24-14-16/h3-9,12,14,19H,2,10-11,13,15H2,1H3,(H,25,28)/b20-12+. The van der Waals surface area contributed by atoms with Crippen LogP contribution in [0.3, 0.4) is 0 Å². The quantitative estimate of drug-likeness (QED) is 0.578. The normalized spacial score (nSPS) is 20.0. The zero-order chi connectivity index (χ0) is 24.3. The predicted octanol–water partition coefficient (Wildman–Crippen LogP) is 2.01. The molecule has 4 rings (SSSR count). The summed E-state index contributed by atoms with van der Waals surface area (Å²) in [4.78, 5) is 43.3. The van der Waals surface area contributed by atoms with Gasteiger partial charge in [-0.15, -0.1) is 0 Å². The molecule has 9 nitrogen and oxygen atoms in total. The van der Waals surface area contributed by atoms with Crippen molar-refractivity contribution in [3.8, 4) is 0 Å². The Balaban J connectivity index is 1.41. The van der Waals surface area contributed by atoms with Gasteiger partial charge in [0.2, 0.25) is 15.9 Å². The molecule has 0 bridgehead atoms. The van der Waals surface area contributed by atoms with Crippen molar-refractivity contribution >= 4 is 44.9 Å². The predicted molar refractivity (Wildman–Crippen MR) is 129 cm³/mol. The molecular formula is C23H24N4O5S2. The van der Waals surface area contributed by atoms with Gasteiger partial charge in [-0.2, -0.15) is 4.31 Å². The van der Waals surface area contributed by atoms with E-state index < -0.39 is 33.1 Å². The molecule has 1 unspecified atom stereocenters. The lowest BCUT2D eigenvalue weighted by Gasteiger charge is -2.34. The molecule has 3 heterocycles. The number of pyridine rings is 1. The van der Waals surface area contributed by atoms with E-state index in [-0.39, 0.29) is 36.7 Å². The number of thioether (sulfide) groups is 1. The number of nitrogens with zero attached hydrogens (tertiary/aromatic N) is 3. The molecule has 1 fully saturated rings. The van der Waals surface area contributed by atoms with Crippen LogP contribution < -0.4 is 5.32 Å². The van der Waals surface area contributed by atoms with Crippen molar-refractivity contribution in [3.63, 3.8) is 0 Å². The summed E-state index contributed by atoms with van der Waals surface area (Å²) in [7, 11) is -3.62. The summed E-state index contributed by atoms with van der Waals surface area (Å²) >= 11 is 0.833. The zero-order valence-corrected chi connectivity index (χ0v) is 20.1. The highest BCUT2D eigenvalue weighted by Crippen LogP contribution is 2.32. The van der Waals surface area contributed by atoms with E-state index in [1.807, 2.05) is 24.3 Å². The summed E-state index contributed by atoms with van der Waals surface area (Å²) in [5.41, 5.74) is 2.51. The maximum atomic E-state index is 13.0. The number of rotatable bonds is 7. The van der Waals surface area contributed by atoms with Gasteiger partial charge in [-0.3, -0.25) is 24.3 Å². The van der Waals surface area contributed by atoms with E-state index in [9.17, 15) is 22.8 Å². The van der Waals surface area contributed by atoms with Gasteiger partial charge in [0.25, 0.3) is 11.1 Å². The fourth-order valence-electron chi connectivity index (χ4n) is 3.89. The molecule has 2 aliphatic rings. The van der Waals surface area contributed by atoms with Gasteiger partial charge in [-0.05, 0) is 53.9 Å². The Hall–Kier alpha value is -3.02. The van der Waals surface area contributed by atoms with Crippen molar-refractivity contribution < 1.29 is 22.8 Å². The van der Waals surface area contributed by atoms with Crippen molar-refractivity contribution in [3.05, 3.63) is 70.4 Å². The molecule has 1 atom stereocenters. The Labute approximate surface area is 202 Å². The van der Waals surface area contributed by atoms with Crippen molar-refractivity contribution in [2.75, 3.05) is 18.8 Å². The molecule has 3 amide bonds. The molecule has 0 radical (unpaired) electrons. The summed E-state index contributed by atoms with van der Waals surface area (Å²) in [6.07, 6.45) is 5.07. The summed E-state index contributed by atoms with van der Waals surface area (Å²) in [5, 5.41) is 2.29. The van der Waals surface area contributed by atoms with Crippen LogP contribution in [0.15, 0.2) is 53.7 Å². The third-order valence-corrected chi connectivity index (χ3v) is 8.46. The van der Waals surface area contributed by atoms with Crippen LogP contribution in [-0.4, -0.2) is 64.5 Å². The smallest absolute Gasteiger partial charge is 0.293 e. The molecule has 2 aromatic rings. The minimum absolute atomic E-state index is 0.00930. The molecule has 1 N–H and O–H groups in total. The number of hydrogen-bond acceptors (Lipinski definition) is 7. The van der Waals surface area contributed by atoms with Crippen LogP contribution in [0.5, 0.6) is 0 Å². The molecule has 1 aromatic carbocycles. The highest BCUT2D eigenvalue weighted by Gasteiger charge is 2.38. The Morgan fingerprint density at radius 3 is 2.68 bits per heavy atom. The number of carbonyl (C=O) groups excluding carboxylic acids is 3. The Bertz CT molecular complexity index is 1250. The van der Waals surface area contributed by atoms with Crippen LogP contribution in [0.4, 0.5) is 4.79 Å². The fraction of sp³-hybridized carbons (Fsp3) is 0.304. The Morgan fingerprint density at radius 1 is 1.21 bits per heavy atom. The summed E-state index contributed by atoms with van der Waals surface area (Å²) in [6, 6.07) is 10.1. The lowest BCUT2D eigenvalue weighted by molar-refractivity contribution is -0.126. The SMILES string of the molecule is CCS(=O)(=O)N1Cc2ccccc2CC1C(=O)NCCN1C(=O)S/C(=C/c2cccnc2)C1=O. The maximum absolute atomic E-state index is 13.0. The first-order valence-corrected chi connectivity index (χ1v) is 13.2. The Morgan fingerprint density at radius 2 is 1.97 bits per heavy atom. The van der Waals surface area contributed by atoms with Crippen LogP contribution in [0.2, 0.25) is 0 Å². The van der Waals surface area contributed by atoms with E-state index >= 15 is 0 Å². The average molecular weight is 501 g/mol. The fourth-order valence-corrected chi connectivity index (χ4v) is 5.99. The van der Waals surface area contributed by atoms with E-state index in [2.05, 4.69) is 10.3 Å². The van der Waals surface area contributed by atoms with E-state index in [0.717, 1.165) is 27.8 Å². The average Bonchev–Trinajstić information content (AvgIpc) is 3.11. The van der Waals surface area contributed by atoms with E-state index in [1.165, 1.54) is 4.31 Å². The number of imide groups is 1. The van der Waals surface area contributed by atoms with Gasteiger partial charge in [0, 0.05) is 32.0 Å². The van der Waals surface area contributed by atoms with Crippen molar-refractivity contribution in [2.24, 2.45) is 0 Å². The number of carbonyl (C=O) groups is 3. The van der Waals surface area contributed by atoms with Crippen molar-refractivity contribution in [1.29, 1.82) is 0 Å². The van der Waals surface area contributed by atoms with E-state index in [0.29, 0.717) is 5.56 Å². The molecule has 1 aromatic heterocycles. The second kappa shape index (κ2) is 10.1. The van der Waals surface area contributed by atoms with Crippen LogP contribution in [-0.2, 0) is 32.6 Å². The zero-order valence-electron chi connectivity index (χ0n) is 18.5. The van der Waals surface area contributed by atoms with Crippen LogP contribution in [0.1, 0.15) is 23.6 Å². The van der Waals surface area contributed by atoms with E-state index in [1.54, 1.807) is 37.5 Å². The minimum Gasteiger partial charge on any atom is -0.353 e. The molecule has 178 valence electrons. The van der Waals surface area contributed by atoms with Gasteiger partial charge in [-0.1, -0.05) is 30.3 Å². The van der Waals surface area contributed by atoms with Gasteiger partial charge < -0.3 is 5.32 Å². The third-order valence-electron chi connectivity index (χ3n) is 5.72. The molecule has 0 saturated carbocycles. The number of sulfonamides is 1. The minimum atomic E-state index is -3.62. The first kappa shape index (κ1) is 24.1. The molecular weight excluding hydrogens is 476 g/mol. The molecule has 34 heavy (non-hydrogen) atoms. The maximum Gasteiger partial charge on any atom is 0.293 e. The number of aromatic nitrogens is 1. The monoisotopic (exact) mass is 500 g/mol. The molecule has 1 saturated heterocycles. The van der Waals surface area contributed by atoms with Gasteiger partial charge >= 0.3 is 0 Å². The van der Waals surface area contributed by atoms with Crippen molar-refractivity contribution in [2.45, 2.75) is 25.9 Å². The van der Waals surface area contributed by atoms with Crippen LogP contribution >= 0.6 is 11.8 Å². The lowest BCUT2D eigenvalue weighted by Crippen LogP contribution is -2.53. The highest BCUT2D eigenvalue weighted by molar-refractivity contribution is 8.18. The molecule has 0 spiro atoms. The van der Waals surface area contributed by atoms with Gasteiger partial charge in [-0.25, -0.2) is 8.42 Å². The second-order valence-corrected chi connectivity index (χ2v) is 11.0. The Kier molecular flexibility index (Phi) is 7.15. The first-order valence-electron chi connectivity index (χ1n) is 10.8. The van der Waals surface area contributed by atoms with Crippen molar-refractivity contribution in [1.82, 2.24) is 19.5 Å². The topological polar surface area (TPSA) is 117 Å². The van der Waals surface area contributed by atoms with Gasteiger partial charge in [0.15, 0.2) is 0 Å². The van der Waals surface area contributed by atoms with Crippen LogP contribution in [0.25, 0.3) is 6.08 Å². The highest BCUT2D eigenvalue weighted by atomic mass is 32.2. The van der Waals surface area contributed by atoms with E-state index in [4.69, 9.17) is 0 Å². The number of benzene rings is 1. The number of fused-ring (bicyclic) bond motifs is 1. The molecule has 0 aliphatic carbocycles. The molecule has 11 heteroatoms. The summed E-state index contributed by atoms with van der Waals surface area (Å²) < 4.78 is 26.6. The second-order valence-electron chi connectivity index (χ2n) is 7.85. The third kappa shape index (κ3) is 5.06. The largest absolute Gasteiger partial charge is 0.353 e. The number of hydrogen-bond donors (Lipinski definition) is 1.